The lowest BCUT2D eigenvalue weighted by atomic mass is 9.96. The predicted octanol–water partition coefficient (Wildman–Crippen LogP) is 4.28. The Morgan fingerprint density at radius 3 is 2.70 bits per heavy atom. The Kier molecular flexibility index (Phi) is 3.32. The number of ether oxygens (including phenoxy) is 1. The molecule has 0 saturated carbocycles. The molecule has 2 aromatic carbocycles. The molecule has 0 saturated heterocycles. The van der Waals surface area contributed by atoms with E-state index in [1.165, 1.54) is 0 Å². The first-order chi connectivity index (χ1) is 9.54. The molecule has 1 aliphatic heterocycles. The van der Waals surface area contributed by atoms with Crippen molar-refractivity contribution in [3.63, 3.8) is 0 Å². The fourth-order valence-electron chi connectivity index (χ4n) is 2.31. The van der Waals surface area contributed by atoms with Crippen LogP contribution in [0.3, 0.4) is 0 Å². The number of nitrogens with two attached hydrogens (primary N) is 1. The Morgan fingerprint density at radius 1 is 1.15 bits per heavy atom. The van der Waals surface area contributed by atoms with Crippen molar-refractivity contribution in [1.82, 2.24) is 0 Å². The summed E-state index contributed by atoms with van der Waals surface area (Å²) in [5.74, 6) is 0.362. The SMILES string of the molecule is Nc1cc(Cl)cc2c1OC(c1cccc(Cl)c1)CC2=O. The van der Waals surface area contributed by atoms with Gasteiger partial charge in [-0.05, 0) is 29.8 Å². The molecule has 2 N–H and O–H groups in total. The maximum Gasteiger partial charge on any atom is 0.170 e. The first-order valence-electron chi connectivity index (χ1n) is 6.09. The van der Waals surface area contributed by atoms with Crippen LogP contribution in [0.2, 0.25) is 10.0 Å². The molecule has 3 rings (SSSR count). The molecular formula is C15H11Cl2NO2. The van der Waals surface area contributed by atoms with Gasteiger partial charge in [-0.1, -0.05) is 35.3 Å². The van der Waals surface area contributed by atoms with Crippen LogP contribution in [0.5, 0.6) is 5.75 Å². The fraction of sp³-hybridized carbons (Fsp3) is 0.133. The van der Waals surface area contributed by atoms with Crippen molar-refractivity contribution in [2.75, 3.05) is 5.73 Å². The van der Waals surface area contributed by atoms with Crippen molar-refractivity contribution in [3.8, 4) is 5.75 Å². The topological polar surface area (TPSA) is 52.3 Å². The van der Waals surface area contributed by atoms with Gasteiger partial charge in [0.25, 0.3) is 0 Å². The molecule has 1 atom stereocenters. The van der Waals surface area contributed by atoms with Gasteiger partial charge in [0.05, 0.1) is 17.7 Å². The van der Waals surface area contributed by atoms with Crippen LogP contribution < -0.4 is 10.5 Å². The summed E-state index contributed by atoms with van der Waals surface area (Å²) in [6.07, 6.45) is -0.134. The highest BCUT2D eigenvalue weighted by Gasteiger charge is 2.29. The molecule has 0 aromatic heterocycles. The number of ketones is 1. The predicted molar refractivity (Wildman–Crippen MR) is 79.6 cm³/mol. The Bertz CT molecular complexity index is 700. The van der Waals surface area contributed by atoms with Gasteiger partial charge in [-0.3, -0.25) is 4.79 Å². The molecule has 0 radical (unpaired) electrons. The lowest BCUT2D eigenvalue weighted by Gasteiger charge is -2.26. The van der Waals surface area contributed by atoms with E-state index in [9.17, 15) is 4.79 Å². The average Bonchev–Trinajstić information content (AvgIpc) is 2.39. The van der Waals surface area contributed by atoms with E-state index in [0.29, 0.717) is 27.0 Å². The third-order valence-corrected chi connectivity index (χ3v) is 3.69. The number of halogens is 2. The first-order valence-corrected chi connectivity index (χ1v) is 6.84. The van der Waals surface area contributed by atoms with Crippen molar-refractivity contribution < 1.29 is 9.53 Å². The number of nitrogen functional groups attached to an aromatic ring is 1. The van der Waals surface area contributed by atoms with Crippen LogP contribution in [0.1, 0.15) is 28.4 Å². The van der Waals surface area contributed by atoms with Crippen LogP contribution in [-0.4, -0.2) is 5.78 Å². The van der Waals surface area contributed by atoms with E-state index in [1.54, 1.807) is 24.3 Å². The Morgan fingerprint density at radius 2 is 1.95 bits per heavy atom. The number of hydrogen-bond donors (Lipinski definition) is 1. The molecule has 1 unspecified atom stereocenters. The van der Waals surface area contributed by atoms with E-state index in [0.717, 1.165) is 5.56 Å². The van der Waals surface area contributed by atoms with E-state index < -0.39 is 0 Å². The minimum absolute atomic E-state index is 0.0366. The smallest absolute Gasteiger partial charge is 0.170 e. The average molecular weight is 308 g/mol. The summed E-state index contributed by atoms with van der Waals surface area (Å²) in [5.41, 5.74) is 7.55. The number of Topliss-reactive ketones (excluding diaryl/α,β-unsaturated/α-hetero) is 1. The van der Waals surface area contributed by atoms with Crippen molar-refractivity contribution in [2.24, 2.45) is 0 Å². The Hall–Kier alpha value is -1.71. The standard InChI is InChI=1S/C15H11Cl2NO2/c16-9-3-1-2-8(4-9)14-7-13(19)11-5-10(17)6-12(18)15(11)20-14/h1-6,14H,7,18H2. The quantitative estimate of drug-likeness (QED) is 0.800. The van der Waals surface area contributed by atoms with Gasteiger partial charge in [-0.2, -0.15) is 0 Å². The van der Waals surface area contributed by atoms with Gasteiger partial charge >= 0.3 is 0 Å². The second-order valence-electron chi connectivity index (χ2n) is 4.66. The van der Waals surface area contributed by atoms with E-state index in [4.69, 9.17) is 33.7 Å². The van der Waals surface area contributed by atoms with E-state index >= 15 is 0 Å². The molecule has 0 spiro atoms. The summed E-state index contributed by atoms with van der Waals surface area (Å²) in [6.45, 7) is 0. The second kappa shape index (κ2) is 5.00. The maximum absolute atomic E-state index is 12.2. The van der Waals surface area contributed by atoms with Crippen LogP contribution in [0.15, 0.2) is 36.4 Å². The van der Waals surface area contributed by atoms with Crippen LogP contribution in [-0.2, 0) is 0 Å². The van der Waals surface area contributed by atoms with Crippen molar-refractivity contribution >= 4 is 34.7 Å². The highest BCUT2D eigenvalue weighted by molar-refractivity contribution is 6.31. The van der Waals surface area contributed by atoms with Gasteiger partial charge in [0, 0.05) is 10.0 Å². The monoisotopic (exact) mass is 307 g/mol. The van der Waals surface area contributed by atoms with Gasteiger partial charge in [-0.15, -0.1) is 0 Å². The van der Waals surface area contributed by atoms with Crippen LogP contribution in [0, 0.1) is 0 Å². The number of carbonyl (C=O) groups is 1. The molecule has 5 heteroatoms. The molecule has 3 nitrogen and oxygen atoms in total. The summed E-state index contributed by atoms with van der Waals surface area (Å²) in [7, 11) is 0. The molecule has 1 heterocycles. The zero-order valence-corrected chi connectivity index (χ0v) is 11.9. The zero-order chi connectivity index (χ0) is 14.3. The molecular weight excluding hydrogens is 297 g/mol. The molecule has 2 aromatic rings. The fourth-order valence-corrected chi connectivity index (χ4v) is 2.73. The highest BCUT2D eigenvalue weighted by Crippen LogP contribution is 2.40. The van der Waals surface area contributed by atoms with Gasteiger partial charge in [0.2, 0.25) is 0 Å². The summed E-state index contributed by atoms with van der Waals surface area (Å²) in [6, 6.07) is 10.4. The van der Waals surface area contributed by atoms with Gasteiger partial charge in [0.15, 0.2) is 11.5 Å². The van der Waals surface area contributed by atoms with Crippen molar-refractivity contribution in [3.05, 3.63) is 57.6 Å². The molecule has 0 bridgehead atoms. The summed E-state index contributed by atoms with van der Waals surface area (Å²) in [4.78, 5) is 12.2. The van der Waals surface area contributed by atoms with Crippen LogP contribution in [0.4, 0.5) is 5.69 Å². The van der Waals surface area contributed by atoms with Crippen molar-refractivity contribution in [1.29, 1.82) is 0 Å². The number of anilines is 1. The lowest BCUT2D eigenvalue weighted by molar-refractivity contribution is 0.0851. The summed E-state index contributed by atoms with van der Waals surface area (Å²) < 4.78 is 5.87. The molecule has 102 valence electrons. The van der Waals surface area contributed by atoms with Crippen LogP contribution >= 0.6 is 23.2 Å². The number of rotatable bonds is 1. The molecule has 0 fully saturated rings. The molecule has 1 aliphatic rings. The van der Waals surface area contributed by atoms with E-state index in [-0.39, 0.29) is 18.3 Å². The number of fused-ring (bicyclic) bond motifs is 1. The van der Waals surface area contributed by atoms with Gasteiger partial charge in [-0.25, -0.2) is 0 Å². The largest absolute Gasteiger partial charge is 0.482 e. The Balaban J connectivity index is 2.02. The lowest BCUT2D eigenvalue weighted by Crippen LogP contribution is -2.21. The molecule has 20 heavy (non-hydrogen) atoms. The van der Waals surface area contributed by atoms with Crippen LogP contribution in [0.25, 0.3) is 0 Å². The normalized spacial score (nSPS) is 17.5. The highest BCUT2D eigenvalue weighted by atomic mass is 35.5. The number of hydrogen-bond acceptors (Lipinski definition) is 3. The zero-order valence-electron chi connectivity index (χ0n) is 10.4. The van der Waals surface area contributed by atoms with Gasteiger partial charge < -0.3 is 10.5 Å². The maximum atomic E-state index is 12.2. The summed E-state index contributed by atoms with van der Waals surface area (Å²) in [5, 5.41) is 1.04. The van der Waals surface area contributed by atoms with E-state index in [1.807, 2.05) is 12.1 Å². The van der Waals surface area contributed by atoms with Crippen molar-refractivity contribution in [2.45, 2.75) is 12.5 Å². The van der Waals surface area contributed by atoms with Gasteiger partial charge in [0.1, 0.15) is 6.10 Å². The first kappa shape index (κ1) is 13.3. The second-order valence-corrected chi connectivity index (χ2v) is 5.53. The number of carbonyl (C=O) groups excluding carboxylic acids is 1. The molecule has 0 amide bonds. The van der Waals surface area contributed by atoms with E-state index in [2.05, 4.69) is 0 Å². The third-order valence-electron chi connectivity index (χ3n) is 3.23. The molecule has 0 aliphatic carbocycles. The summed E-state index contributed by atoms with van der Waals surface area (Å²) >= 11 is 11.9. The minimum atomic E-state index is -0.378. The Labute approximate surface area is 126 Å². The third kappa shape index (κ3) is 2.35. The minimum Gasteiger partial charge on any atom is -0.482 e. The number of benzene rings is 2.